The van der Waals surface area contributed by atoms with Crippen LogP contribution in [-0.4, -0.2) is 50.6 Å². The van der Waals surface area contributed by atoms with Gasteiger partial charge in [0, 0.05) is 19.5 Å². The van der Waals surface area contributed by atoms with E-state index in [9.17, 15) is 9.59 Å². The van der Waals surface area contributed by atoms with Gasteiger partial charge in [0.15, 0.2) is 0 Å². The van der Waals surface area contributed by atoms with Gasteiger partial charge in [0.1, 0.15) is 18.7 Å². The fraction of sp³-hybridized carbons (Fsp3) is 0.636. The number of piperazine rings is 1. The lowest BCUT2D eigenvalue weighted by molar-refractivity contribution is -0.143. The average Bonchev–Trinajstić information content (AvgIpc) is 2.88. The SMILES string of the molecule is CCC1C(=O)NCCN1C(=O)CCn1cncn1. The highest BCUT2D eigenvalue weighted by Gasteiger charge is 2.30. The van der Waals surface area contributed by atoms with Crippen molar-refractivity contribution in [1.82, 2.24) is 25.0 Å². The van der Waals surface area contributed by atoms with Crippen molar-refractivity contribution in [3.05, 3.63) is 12.7 Å². The molecule has 2 heterocycles. The highest BCUT2D eigenvalue weighted by Crippen LogP contribution is 2.10. The molecule has 0 spiro atoms. The van der Waals surface area contributed by atoms with Gasteiger partial charge in [-0.2, -0.15) is 5.10 Å². The molecule has 1 aromatic heterocycles. The minimum absolute atomic E-state index is 0.00722. The Labute approximate surface area is 105 Å². The highest BCUT2D eigenvalue weighted by atomic mass is 16.2. The number of amides is 2. The predicted molar refractivity (Wildman–Crippen MR) is 63.4 cm³/mol. The van der Waals surface area contributed by atoms with E-state index in [1.165, 1.54) is 6.33 Å². The molecule has 0 aromatic carbocycles. The molecule has 2 rings (SSSR count). The number of hydrogen-bond acceptors (Lipinski definition) is 4. The minimum Gasteiger partial charge on any atom is -0.353 e. The lowest BCUT2D eigenvalue weighted by Gasteiger charge is -2.34. The van der Waals surface area contributed by atoms with Crippen LogP contribution in [0.15, 0.2) is 12.7 Å². The second-order valence-corrected chi connectivity index (χ2v) is 4.21. The number of hydrogen-bond donors (Lipinski definition) is 1. The molecule has 1 aliphatic rings. The molecule has 1 saturated heterocycles. The fourth-order valence-corrected chi connectivity index (χ4v) is 2.12. The molecule has 1 N–H and O–H groups in total. The first-order valence-electron chi connectivity index (χ1n) is 6.12. The van der Waals surface area contributed by atoms with Gasteiger partial charge >= 0.3 is 0 Å². The lowest BCUT2D eigenvalue weighted by atomic mass is 10.1. The molecule has 2 amide bonds. The number of nitrogens with zero attached hydrogens (tertiary/aromatic N) is 4. The molecule has 1 aromatic rings. The van der Waals surface area contributed by atoms with Crippen LogP contribution in [0.4, 0.5) is 0 Å². The van der Waals surface area contributed by atoms with E-state index in [0.29, 0.717) is 32.5 Å². The third-order valence-electron chi connectivity index (χ3n) is 3.06. The topological polar surface area (TPSA) is 80.1 Å². The van der Waals surface area contributed by atoms with Crippen molar-refractivity contribution in [3.63, 3.8) is 0 Å². The normalized spacial score (nSPS) is 19.7. The second-order valence-electron chi connectivity index (χ2n) is 4.21. The molecule has 1 fully saturated rings. The molecule has 0 aliphatic carbocycles. The zero-order chi connectivity index (χ0) is 13.0. The molecular weight excluding hydrogens is 234 g/mol. The fourth-order valence-electron chi connectivity index (χ4n) is 2.12. The number of carbonyl (C=O) groups excluding carboxylic acids is 2. The maximum atomic E-state index is 12.1. The Morgan fingerprint density at radius 3 is 3.11 bits per heavy atom. The maximum absolute atomic E-state index is 12.1. The van der Waals surface area contributed by atoms with Crippen LogP contribution in [0.3, 0.4) is 0 Å². The van der Waals surface area contributed by atoms with Gasteiger partial charge in [-0.05, 0) is 6.42 Å². The second kappa shape index (κ2) is 5.61. The van der Waals surface area contributed by atoms with Crippen LogP contribution in [-0.2, 0) is 16.1 Å². The Morgan fingerprint density at radius 2 is 2.44 bits per heavy atom. The summed E-state index contributed by atoms with van der Waals surface area (Å²) in [5.41, 5.74) is 0. The predicted octanol–water partition coefficient (Wildman–Crippen LogP) is -0.595. The monoisotopic (exact) mass is 251 g/mol. The summed E-state index contributed by atoms with van der Waals surface area (Å²) in [7, 11) is 0. The summed E-state index contributed by atoms with van der Waals surface area (Å²) in [5, 5.41) is 6.72. The highest BCUT2D eigenvalue weighted by molar-refractivity contribution is 5.88. The van der Waals surface area contributed by atoms with E-state index < -0.39 is 0 Å². The van der Waals surface area contributed by atoms with Gasteiger partial charge in [-0.3, -0.25) is 14.3 Å². The van der Waals surface area contributed by atoms with E-state index in [4.69, 9.17) is 0 Å². The molecule has 1 aliphatic heterocycles. The molecule has 7 nitrogen and oxygen atoms in total. The van der Waals surface area contributed by atoms with Gasteiger partial charge in [-0.1, -0.05) is 6.92 Å². The van der Waals surface area contributed by atoms with Gasteiger partial charge in [0.2, 0.25) is 11.8 Å². The van der Waals surface area contributed by atoms with E-state index in [1.54, 1.807) is 15.9 Å². The van der Waals surface area contributed by atoms with Gasteiger partial charge in [0.25, 0.3) is 0 Å². The molecular formula is C11H17N5O2. The van der Waals surface area contributed by atoms with E-state index >= 15 is 0 Å². The summed E-state index contributed by atoms with van der Waals surface area (Å²) in [6, 6.07) is -0.331. The Hall–Kier alpha value is -1.92. The first-order valence-corrected chi connectivity index (χ1v) is 6.12. The molecule has 0 bridgehead atoms. The Morgan fingerprint density at radius 1 is 1.61 bits per heavy atom. The maximum Gasteiger partial charge on any atom is 0.242 e. The molecule has 1 unspecified atom stereocenters. The smallest absolute Gasteiger partial charge is 0.242 e. The standard InChI is InChI=1S/C11H17N5O2/c1-2-9-11(18)13-4-6-16(9)10(17)3-5-15-8-12-7-14-15/h7-9H,2-6H2,1H3,(H,13,18). The first-order chi connectivity index (χ1) is 8.72. The summed E-state index contributed by atoms with van der Waals surface area (Å²) in [4.78, 5) is 29.2. The summed E-state index contributed by atoms with van der Waals surface area (Å²) in [5.74, 6) is -0.0648. The van der Waals surface area contributed by atoms with Crippen molar-refractivity contribution in [3.8, 4) is 0 Å². The summed E-state index contributed by atoms with van der Waals surface area (Å²) >= 11 is 0. The Kier molecular flexibility index (Phi) is 3.91. The molecule has 7 heteroatoms. The number of rotatable bonds is 4. The molecule has 0 saturated carbocycles. The van der Waals surface area contributed by atoms with E-state index in [2.05, 4.69) is 15.4 Å². The quantitative estimate of drug-likeness (QED) is 0.775. The van der Waals surface area contributed by atoms with Gasteiger partial charge in [-0.15, -0.1) is 0 Å². The van der Waals surface area contributed by atoms with Crippen LogP contribution in [0.5, 0.6) is 0 Å². The third kappa shape index (κ3) is 2.66. The van der Waals surface area contributed by atoms with Crippen molar-refractivity contribution >= 4 is 11.8 Å². The zero-order valence-corrected chi connectivity index (χ0v) is 10.4. The van der Waals surface area contributed by atoms with Gasteiger partial charge in [0.05, 0.1) is 6.54 Å². The van der Waals surface area contributed by atoms with Crippen LogP contribution in [0, 0.1) is 0 Å². The van der Waals surface area contributed by atoms with Crippen LogP contribution in [0.25, 0.3) is 0 Å². The summed E-state index contributed by atoms with van der Waals surface area (Å²) < 4.78 is 1.61. The Bertz CT molecular complexity index is 417. The Balaban J connectivity index is 1.92. The first kappa shape index (κ1) is 12.5. The molecule has 98 valence electrons. The molecule has 1 atom stereocenters. The third-order valence-corrected chi connectivity index (χ3v) is 3.06. The van der Waals surface area contributed by atoms with E-state index in [-0.39, 0.29) is 17.9 Å². The number of aryl methyl sites for hydroxylation is 1. The van der Waals surface area contributed by atoms with E-state index in [1.807, 2.05) is 6.92 Å². The average molecular weight is 251 g/mol. The van der Waals surface area contributed by atoms with Gasteiger partial charge in [-0.25, -0.2) is 4.98 Å². The molecule has 0 radical (unpaired) electrons. The molecule has 18 heavy (non-hydrogen) atoms. The van der Waals surface area contributed by atoms with Crippen molar-refractivity contribution in [1.29, 1.82) is 0 Å². The number of carbonyl (C=O) groups is 2. The van der Waals surface area contributed by atoms with Crippen molar-refractivity contribution in [2.45, 2.75) is 32.4 Å². The van der Waals surface area contributed by atoms with Gasteiger partial charge < -0.3 is 10.2 Å². The minimum atomic E-state index is -0.331. The number of aromatic nitrogens is 3. The van der Waals surface area contributed by atoms with Crippen molar-refractivity contribution in [2.75, 3.05) is 13.1 Å². The van der Waals surface area contributed by atoms with Crippen molar-refractivity contribution in [2.24, 2.45) is 0 Å². The van der Waals surface area contributed by atoms with Crippen LogP contribution < -0.4 is 5.32 Å². The lowest BCUT2D eigenvalue weighted by Crippen LogP contribution is -2.57. The van der Waals surface area contributed by atoms with E-state index in [0.717, 1.165) is 0 Å². The largest absolute Gasteiger partial charge is 0.353 e. The zero-order valence-electron chi connectivity index (χ0n) is 10.4. The van der Waals surface area contributed by atoms with Crippen molar-refractivity contribution < 1.29 is 9.59 Å². The van der Waals surface area contributed by atoms with Crippen LogP contribution in [0.2, 0.25) is 0 Å². The number of nitrogens with one attached hydrogen (secondary N) is 1. The summed E-state index contributed by atoms with van der Waals surface area (Å²) in [6.45, 7) is 3.52. The van der Waals surface area contributed by atoms with Crippen LogP contribution >= 0.6 is 0 Å². The summed E-state index contributed by atoms with van der Waals surface area (Å²) in [6.07, 6.45) is 4.00. The van der Waals surface area contributed by atoms with Crippen LogP contribution in [0.1, 0.15) is 19.8 Å².